The zero-order valence-electron chi connectivity index (χ0n) is 12.0. The second-order valence-electron chi connectivity index (χ2n) is 5.59. The SMILES string of the molecule is C=CCN(c1ccc([C@H](O)CC)cc1)C(C)(C)C. The van der Waals surface area contributed by atoms with E-state index in [1.165, 1.54) is 0 Å². The largest absolute Gasteiger partial charge is 0.388 e. The fraction of sp³-hybridized carbons (Fsp3) is 0.500. The number of benzene rings is 1. The molecule has 0 saturated carbocycles. The Labute approximate surface area is 111 Å². The van der Waals surface area contributed by atoms with Gasteiger partial charge in [-0.05, 0) is 44.9 Å². The highest BCUT2D eigenvalue weighted by molar-refractivity contribution is 5.50. The van der Waals surface area contributed by atoms with E-state index in [9.17, 15) is 5.11 Å². The highest BCUT2D eigenvalue weighted by atomic mass is 16.3. The summed E-state index contributed by atoms with van der Waals surface area (Å²) in [5, 5.41) is 9.79. The van der Waals surface area contributed by atoms with E-state index in [1.807, 2.05) is 25.1 Å². The summed E-state index contributed by atoms with van der Waals surface area (Å²) in [6.45, 7) is 13.2. The Morgan fingerprint density at radius 1 is 1.28 bits per heavy atom. The second-order valence-corrected chi connectivity index (χ2v) is 5.59. The van der Waals surface area contributed by atoms with Gasteiger partial charge in [0, 0.05) is 17.8 Å². The summed E-state index contributed by atoms with van der Waals surface area (Å²) in [6.07, 6.45) is 2.30. The summed E-state index contributed by atoms with van der Waals surface area (Å²) in [6, 6.07) is 8.16. The fourth-order valence-electron chi connectivity index (χ4n) is 2.01. The number of hydrogen-bond donors (Lipinski definition) is 1. The number of aliphatic hydroxyl groups is 1. The number of nitrogens with zero attached hydrogens (tertiary/aromatic N) is 1. The van der Waals surface area contributed by atoms with Gasteiger partial charge in [0.25, 0.3) is 0 Å². The van der Waals surface area contributed by atoms with Gasteiger partial charge >= 0.3 is 0 Å². The lowest BCUT2D eigenvalue weighted by molar-refractivity contribution is 0.173. The molecule has 0 fully saturated rings. The van der Waals surface area contributed by atoms with Crippen molar-refractivity contribution in [3.63, 3.8) is 0 Å². The average Bonchev–Trinajstić information content (AvgIpc) is 2.34. The van der Waals surface area contributed by atoms with Crippen LogP contribution in [0.5, 0.6) is 0 Å². The number of hydrogen-bond acceptors (Lipinski definition) is 2. The van der Waals surface area contributed by atoms with Crippen molar-refractivity contribution in [2.45, 2.75) is 45.8 Å². The van der Waals surface area contributed by atoms with Gasteiger partial charge in [-0.25, -0.2) is 0 Å². The van der Waals surface area contributed by atoms with Crippen molar-refractivity contribution in [1.82, 2.24) is 0 Å². The van der Waals surface area contributed by atoms with Crippen LogP contribution in [0.1, 0.15) is 45.8 Å². The van der Waals surface area contributed by atoms with Crippen LogP contribution in [0.3, 0.4) is 0 Å². The Bertz CT molecular complexity index is 375. The monoisotopic (exact) mass is 247 g/mol. The Morgan fingerprint density at radius 3 is 2.22 bits per heavy atom. The smallest absolute Gasteiger partial charge is 0.0787 e. The van der Waals surface area contributed by atoms with E-state index in [1.54, 1.807) is 0 Å². The molecule has 0 saturated heterocycles. The van der Waals surface area contributed by atoms with Gasteiger partial charge in [-0.3, -0.25) is 0 Å². The second kappa shape index (κ2) is 6.05. The standard InChI is InChI=1S/C16H25NO/c1-6-12-17(16(3,4)5)14-10-8-13(9-11-14)15(18)7-2/h6,8-11,15,18H,1,7,12H2,2-5H3/t15-/m1/s1. The third-order valence-corrected chi connectivity index (χ3v) is 3.10. The summed E-state index contributed by atoms with van der Waals surface area (Å²) in [5.74, 6) is 0. The molecule has 2 nitrogen and oxygen atoms in total. The maximum atomic E-state index is 9.79. The van der Waals surface area contributed by atoms with Crippen LogP contribution in [-0.4, -0.2) is 17.2 Å². The van der Waals surface area contributed by atoms with E-state index in [-0.39, 0.29) is 11.6 Å². The molecule has 1 rings (SSSR count). The molecule has 1 aromatic carbocycles. The number of rotatable bonds is 5. The van der Waals surface area contributed by atoms with Gasteiger partial charge in [-0.2, -0.15) is 0 Å². The minimum atomic E-state index is -0.360. The topological polar surface area (TPSA) is 23.5 Å². The van der Waals surface area contributed by atoms with E-state index in [4.69, 9.17) is 0 Å². The van der Waals surface area contributed by atoms with Crippen LogP contribution in [0.4, 0.5) is 5.69 Å². The lowest BCUT2D eigenvalue weighted by atomic mass is 10.0. The summed E-state index contributed by atoms with van der Waals surface area (Å²) >= 11 is 0. The third-order valence-electron chi connectivity index (χ3n) is 3.10. The third kappa shape index (κ3) is 3.61. The molecule has 0 bridgehead atoms. The Balaban J connectivity index is 2.97. The minimum Gasteiger partial charge on any atom is -0.388 e. The van der Waals surface area contributed by atoms with Crippen LogP contribution in [0, 0.1) is 0 Å². The van der Waals surface area contributed by atoms with E-state index in [2.05, 4.69) is 44.4 Å². The van der Waals surface area contributed by atoms with E-state index >= 15 is 0 Å². The molecular formula is C16H25NO. The predicted octanol–water partition coefficient (Wildman–Crippen LogP) is 3.92. The van der Waals surface area contributed by atoms with Crippen molar-refractivity contribution >= 4 is 5.69 Å². The van der Waals surface area contributed by atoms with Gasteiger partial charge in [-0.15, -0.1) is 6.58 Å². The molecule has 0 unspecified atom stereocenters. The van der Waals surface area contributed by atoms with Crippen LogP contribution in [0.2, 0.25) is 0 Å². The lowest BCUT2D eigenvalue weighted by Gasteiger charge is -2.37. The van der Waals surface area contributed by atoms with Gasteiger partial charge < -0.3 is 10.0 Å². The van der Waals surface area contributed by atoms with Crippen molar-refractivity contribution in [3.8, 4) is 0 Å². The van der Waals surface area contributed by atoms with Crippen molar-refractivity contribution < 1.29 is 5.11 Å². The Hall–Kier alpha value is -1.28. The van der Waals surface area contributed by atoms with Gasteiger partial charge in [0.2, 0.25) is 0 Å². The zero-order valence-corrected chi connectivity index (χ0v) is 12.0. The molecule has 0 heterocycles. The van der Waals surface area contributed by atoms with Gasteiger partial charge in [0.05, 0.1) is 6.10 Å². The zero-order chi connectivity index (χ0) is 13.8. The molecule has 0 aliphatic carbocycles. The summed E-state index contributed by atoms with van der Waals surface area (Å²) in [7, 11) is 0. The van der Waals surface area contributed by atoms with Crippen LogP contribution in [0.15, 0.2) is 36.9 Å². The van der Waals surface area contributed by atoms with Gasteiger partial charge in [0.1, 0.15) is 0 Å². The lowest BCUT2D eigenvalue weighted by Crippen LogP contribution is -2.41. The van der Waals surface area contributed by atoms with Crippen LogP contribution < -0.4 is 4.90 Å². The molecule has 18 heavy (non-hydrogen) atoms. The fourth-order valence-corrected chi connectivity index (χ4v) is 2.01. The first-order chi connectivity index (χ1) is 8.40. The van der Waals surface area contributed by atoms with Gasteiger partial charge in [-0.1, -0.05) is 25.1 Å². The first kappa shape index (κ1) is 14.8. The highest BCUT2D eigenvalue weighted by Crippen LogP contribution is 2.26. The summed E-state index contributed by atoms with van der Waals surface area (Å²) < 4.78 is 0. The molecule has 0 aliphatic heterocycles. The number of aliphatic hydroxyl groups excluding tert-OH is 1. The molecule has 1 aromatic rings. The summed E-state index contributed by atoms with van der Waals surface area (Å²) in [4.78, 5) is 2.29. The highest BCUT2D eigenvalue weighted by Gasteiger charge is 2.20. The first-order valence-corrected chi connectivity index (χ1v) is 6.56. The van der Waals surface area contributed by atoms with E-state index in [0.717, 1.165) is 24.2 Å². The van der Waals surface area contributed by atoms with Crippen LogP contribution in [-0.2, 0) is 0 Å². The van der Waals surface area contributed by atoms with E-state index in [0.29, 0.717) is 0 Å². The molecule has 100 valence electrons. The normalized spacial score (nSPS) is 13.2. The van der Waals surface area contributed by atoms with Gasteiger partial charge in [0.15, 0.2) is 0 Å². The predicted molar refractivity (Wildman–Crippen MR) is 79.0 cm³/mol. The minimum absolute atomic E-state index is 0.0546. The molecule has 0 aliphatic rings. The van der Waals surface area contributed by atoms with Crippen molar-refractivity contribution in [2.75, 3.05) is 11.4 Å². The molecular weight excluding hydrogens is 222 g/mol. The van der Waals surface area contributed by atoms with Crippen LogP contribution >= 0.6 is 0 Å². The molecule has 0 aromatic heterocycles. The van der Waals surface area contributed by atoms with Crippen molar-refractivity contribution in [1.29, 1.82) is 0 Å². The number of anilines is 1. The van der Waals surface area contributed by atoms with Crippen LogP contribution in [0.25, 0.3) is 0 Å². The quantitative estimate of drug-likeness (QED) is 0.797. The molecule has 0 amide bonds. The Morgan fingerprint density at radius 2 is 1.83 bits per heavy atom. The average molecular weight is 247 g/mol. The molecule has 1 N–H and O–H groups in total. The first-order valence-electron chi connectivity index (χ1n) is 6.56. The van der Waals surface area contributed by atoms with Crippen molar-refractivity contribution in [3.05, 3.63) is 42.5 Å². The molecule has 0 spiro atoms. The Kier molecular flexibility index (Phi) is 4.97. The maximum absolute atomic E-state index is 9.79. The summed E-state index contributed by atoms with van der Waals surface area (Å²) in [5.41, 5.74) is 2.20. The molecule has 1 atom stereocenters. The van der Waals surface area contributed by atoms with Crippen molar-refractivity contribution in [2.24, 2.45) is 0 Å². The molecule has 2 heteroatoms. The maximum Gasteiger partial charge on any atom is 0.0787 e. The molecule has 0 radical (unpaired) electrons. The van der Waals surface area contributed by atoms with E-state index < -0.39 is 0 Å².